The summed E-state index contributed by atoms with van der Waals surface area (Å²) in [5, 5.41) is 0. The maximum atomic E-state index is 13.4. The molecular formula is C18H22N10O8P2S2. The van der Waals surface area contributed by atoms with Gasteiger partial charge < -0.3 is 20.8 Å². The summed E-state index contributed by atoms with van der Waals surface area (Å²) in [5.74, 6) is 0.227. The number of fused-ring (bicyclic) bond motifs is 6. The van der Waals surface area contributed by atoms with Crippen LogP contribution in [0.2, 0.25) is 0 Å². The predicted octanol–water partition coefficient (Wildman–Crippen LogP) is 1.44. The van der Waals surface area contributed by atoms with Crippen LogP contribution in [-0.4, -0.2) is 64.5 Å². The Kier molecular flexibility index (Phi) is 7.17. The SMILES string of the molecule is Nc1nc2c(ncn2[C@@H]2O[C@@H]3COP(=O)(S)OCCn4c(nc5c(N)ncnc54)COP(=O)(S)O[C@@H]2C3)c(=O)[nH]1. The molecule has 1 fully saturated rings. The van der Waals surface area contributed by atoms with E-state index in [1.807, 2.05) is 0 Å². The molecule has 2 unspecified atom stereocenters. The summed E-state index contributed by atoms with van der Waals surface area (Å²) in [6.45, 7) is -8.47. The van der Waals surface area contributed by atoms with Crippen LogP contribution in [0.3, 0.4) is 0 Å². The van der Waals surface area contributed by atoms with Gasteiger partial charge in [-0.1, -0.05) is 24.5 Å². The molecular weight excluding hydrogens is 610 g/mol. The number of hydrogen-bond acceptors (Lipinski definition) is 15. The molecule has 5 N–H and O–H groups in total. The summed E-state index contributed by atoms with van der Waals surface area (Å²) in [6.07, 6.45) is -0.0646. The van der Waals surface area contributed by atoms with Crippen LogP contribution in [-0.2, 0) is 45.1 Å². The maximum absolute atomic E-state index is 13.4. The fourth-order valence-electron chi connectivity index (χ4n) is 4.44. The number of nitrogens with zero attached hydrogens (tertiary/aromatic N) is 7. The van der Waals surface area contributed by atoms with Crippen LogP contribution in [0.4, 0.5) is 11.8 Å². The van der Waals surface area contributed by atoms with Crippen LogP contribution in [0.5, 0.6) is 0 Å². The van der Waals surface area contributed by atoms with E-state index < -0.39 is 37.6 Å². The molecule has 0 radical (unpaired) electrons. The number of nitrogens with one attached hydrogen (secondary N) is 1. The smallest absolute Gasteiger partial charge is 0.382 e. The maximum Gasteiger partial charge on any atom is 0.386 e. The minimum atomic E-state index is -4.07. The van der Waals surface area contributed by atoms with Crippen molar-refractivity contribution >= 4 is 72.2 Å². The van der Waals surface area contributed by atoms with Crippen molar-refractivity contribution in [3.63, 3.8) is 0 Å². The fourth-order valence-corrected chi connectivity index (χ4v) is 7.03. The molecule has 6 heterocycles. The standard InChI is InChI=1S/C18H22N10O8P2S2/c19-13-11-14(22-6-21-13)27-1-2-32-37(30,39)33-4-8-3-9(36-38(31,40)34-5-10(27)24-11)17(35-8)28-7-23-12-15(28)25-18(20)26-16(12)29/h6-9,17H,1-5H2,(H,30,39)(H,31,40)(H2,19,21,22)(H3,20,25,26,29)/t8-,9+,17+,37?,38?/m0/s1. The third-order valence-corrected chi connectivity index (χ3v) is 9.43. The van der Waals surface area contributed by atoms with E-state index in [-0.39, 0.29) is 67.1 Å². The highest BCUT2D eigenvalue weighted by molar-refractivity contribution is 8.44. The molecule has 0 aromatic carbocycles. The van der Waals surface area contributed by atoms with Gasteiger partial charge in [-0.3, -0.25) is 32.4 Å². The van der Waals surface area contributed by atoms with Crippen LogP contribution in [0, 0.1) is 0 Å². The molecule has 40 heavy (non-hydrogen) atoms. The predicted molar refractivity (Wildman–Crippen MR) is 146 cm³/mol. The lowest BCUT2D eigenvalue weighted by atomic mass is 10.2. The Morgan fingerprint density at radius 2 is 1.85 bits per heavy atom. The van der Waals surface area contributed by atoms with Gasteiger partial charge in [0.25, 0.3) is 5.56 Å². The summed E-state index contributed by atoms with van der Waals surface area (Å²) in [4.78, 5) is 35.4. The fraction of sp³-hybridized carbons (Fsp3) is 0.444. The second-order valence-electron chi connectivity index (χ2n) is 8.75. The van der Waals surface area contributed by atoms with E-state index in [4.69, 9.17) is 34.3 Å². The van der Waals surface area contributed by atoms with Crippen LogP contribution in [0.1, 0.15) is 18.5 Å². The van der Waals surface area contributed by atoms with E-state index in [1.165, 1.54) is 17.2 Å². The summed E-state index contributed by atoms with van der Waals surface area (Å²) in [5.41, 5.74) is 11.8. The van der Waals surface area contributed by atoms with Gasteiger partial charge >= 0.3 is 13.6 Å². The monoisotopic (exact) mass is 632 g/mol. The first-order valence-electron chi connectivity index (χ1n) is 11.6. The molecule has 2 aliphatic rings. The van der Waals surface area contributed by atoms with Gasteiger partial charge in [0.1, 0.15) is 24.9 Å². The van der Waals surface area contributed by atoms with Crippen molar-refractivity contribution in [2.75, 3.05) is 24.7 Å². The lowest BCUT2D eigenvalue weighted by Crippen LogP contribution is -2.22. The van der Waals surface area contributed by atoms with Crippen LogP contribution >= 0.6 is 38.1 Å². The topological polar surface area (TPSA) is 239 Å². The zero-order valence-corrected chi connectivity index (χ0v) is 23.8. The Balaban J connectivity index is 1.36. The number of rotatable bonds is 1. The van der Waals surface area contributed by atoms with Crippen molar-refractivity contribution in [3.8, 4) is 0 Å². The van der Waals surface area contributed by atoms with Crippen LogP contribution < -0.4 is 17.0 Å². The van der Waals surface area contributed by atoms with Gasteiger partial charge in [-0.05, 0) is 0 Å². The van der Waals surface area contributed by atoms with E-state index >= 15 is 0 Å². The number of H-pyrrole nitrogens is 1. The summed E-state index contributed by atoms with van der Waals surface area (Å²) in [6, 6.07) is 0. The average Bonchev–Trinajstić information content (AvgIpc) is 3.57. The number of hydrogen-bond donors (Lipinski definition) is 5. The van der Waals surface area contributed by atoms with Gasteiger partial charge in [-0.15, -0.1) is 0 Å². The number of imidazole rings is 2. The lowest BCUT2D eigenvalue weighted by molar-refractivity contribution is -0.0431. The number of thiol groups is 2. The second kappa shape index (κ2) is 10.4. The highest BCUT2D eigenvalue weighted by atomic mass is 32.7. The number of aromatic amines is 1. The van der Waals surface area contributed by atoms with Gasteiger partial charge in [0, 0.05) is 13.0 Å². The zero-order chi connectivity index (χ0) is 28.2. The summed E-state index contributed by atoms with van der Waals surface area (Å²) in [7, 11) is 0. The van der Waals surface area contributed by atoms with Gasteiger partial charge in [0.15, 0.2) is 34.4 Å². The zero-order valence-electron chi connectivity index (χ0n) is 20.3. The van der Waals surface area contributed by atoms with Crippen LogP contribution in [0.15, 0.2) is 17.4 Å². The molecule has 4 aromatic rings. The van der Waals surface area contributed by atoms with Gasteiger partial charge in [-0.2, -0.15) is 4.98 Å². The Hall–Kier alpha value is -2.54. The number of ether oxygens (including phenoxy) is 1. The van der Waals surface area contributed by atoms with Gasteiger partial charge in [0.05, 0.1) is 25.6 Å². The molecule has 214 valence electrons. The van der Waals surface area contributed by atoms with Crippen molar-refractivity contribution in [1.29, 1.82) is 0 Å². The summed E-state index contributed by atoms with van der Waals surface area (Å²) >= 11 is 8.23. The molecule has 0 amide bonds. The first-order chi connectivity index (χ1) is 19.0. The minimum Gasteiger partial charge on any atom is -0.382 e. The molecule has 6 rings (SSSR count). The van der Waals surface area contributed by atoms with Crippen molar-refractivity contribution in [3.05, 3.63) is 28.8 Å². The molecule has 1 saturated heterocycles. The number of aromatic nitrogens is 8. The Labute approximate surface area is 234 Å². The molecule has 18 nitrogen and oxygen atoms in total. The third-order valence-electron chi connectivity index (χ3n) is 6.13. The molecule has 2 aliphatic heterocycles. The van der Waals surface area contributed by atoms with Crippen molar-refractivity contribution < 1.29 is 32.0 Å². The average molecular weight is 633 g/mol. The normalized spacial score (nSPS) is 30.2. The van der Waals surface area contributed by atoms with E-state index in [0.29, 0.717) is 5.65 Å². The molecule has 2 bridgehead atoms. The Morgan fingerprint density at radius 3 is 2.67 bits per heavy atom. The molecule has 5 atom stereocenters. The second-order valence-corrected chi connectivity index (χ2v) is 14.6. The first-order valence-corrected chi connectivity index (χ1v) is 17.0. The molecule has 22 heteroatoms. The van der Waals surface area contributed by atoms with Gasteiger partial charge in [-0.25, -0.2) is 29.1 Å². The Morgan fingerprint density at radius 1 is 1.02 bits per heavy atom. The van der Waals surface area contributed by atoms with Crippen LogP contribution in [0.25, 0.3) is 22.3 Å². The van der Waals surface area contributed by atoms with E-state index in [0.717, 1.165) is 0 Å². The molecule has 0 spiro atoms. The van der Waals surface area contributed by atoms with Crippen molar-refractivity contribution in [2.24, 2.45) is 0 Å². The minimum absolute atomic E-state index is 0.00164. The quantitative estimate of drug-likeness (QED) is 0.147. The van der Waals surface area contributed by atoms with Gasteiger partial charge in [0.2, 0.25) is 5.95 Å². The number of nitrogens with two attached hydrogens (primary N) is 2. The Bertz CT molecular complexity index is 1760. The highest BCUT2D eigenvalue weighted by Crippen LogP contribution is 2.58. The molecule has 4 aromatic heterocycles. The molecule has 0 aliphatic carbocycles. The van der Waals surface area contributed by atoms with Crippen molar-refractivity contribution in [2.45, 2.75) is 38.0 Å². The number of anilines is 2. The highest BCUT2D eigenvalue weighted by Gasteiger charge is 2.43. The largest absolute Gasteiger partial charge is 0.386 e. The summed E-state index contributed by atoms with van der Waals surface area (Å²) < 4.78 is 57.7. The van der Waals surface area contributed by atoms with E-state index in [9.17, 15) is 13.9 Å². The van der Waals surface area contributed by atoms with Crippen molar-refractivity contribution in [1.82, 2.24) is 39.0 Å². The first kappa shape index (κ1) is 27.6. The van der Waals surface area contributed by atoms with E-state index in [2.05, 4.69) is 54.4 Å². The third kappa shape index (κ3) is 5.38. The lowest BCUT2D eigenvalue weighted by Gasteiger charge is -2.23. The molecule has 0 saturated carbocycles. The van der Waals surface area contributed by atoms with E-state index in [1.54, 1.807) is 4.57 Å². The number of nitrogen functional groups attached to an aromatic ring is 2.